The van der Waals surface area contributed by atoms with E-state index < -0.39 is 0 Å². The molecule has 7 nitrogen and oxygen atoms in total. The molecule has 0 amide bonds. The zero-order valence-electron chi connectivity index (χ0n) is 13.6. The van der Waals surface area contributed by atoms with Crippen molar-refractivity contribution in [3.8, 4) is 0 Å². The van der Waals surface area contributed by atoms with Gasteiger partial charge in [-0.25, -0.2) is 4.89 Å². The number of nitrogens with one attached hydrogen (secondary N) is 4. The van der Waals surface area contributed by atoms with Gasteiger partial charge in [0.1, 0.15) is 0 Å². The summed E-state index contributed by atoms with van der Waals surface area (Å²) in [6.45, 7) is 7.27. The van der Waals surface area contributed by atoms with Crippen molar-refractivity contribution >= 4 is 0 Å². The fourth-order valence-electron chi connectivity index (χ4n) is 3.43. The first-order chi connectivity index (χ1) is 10.9. The van der Waals surface area contributed by atoms with Gasteiger partial charge in [-0.2, -0.15) is 5.90 Å². The molecule has 1 unspecified atom stereocenters. The van der Waals surface area contributed by atoms with Crippen LogP contribution in [0.5, 0.6) is 0 Å². The molecule has 2 rings (SSSR count). The van der Waals surface area contributed by atoms with E-state index in [4.69, 9.17) is 10.8 Å². The van der Waals surface area contributed by atoms with E-state index in [1.54, 1.807) is 0 Å². The summed E-state index contributed by atoms with van der Waals surface area (Å²) < 4.78 is 0. The van der Waals surface area contributed by atoms with E-state index >= 15 is 0 Å². The fourth-order valence-corrected chi connectivity index (χ4v) is 3.43. The topological polar surface area (TPSA) is 92.6 Å². The number of hydrogen-bond acceptors (Lipinski definition) is 7. The maximum absolute atomic E-state index is 5.05. The minimum atomic E-state index is 0.180. The first-order valence-corrected chi connectivity index (χ1v) is 8.76. The standard InChI is InChI=1S/C15H33N5O2/c16-22-21-15-3-1-13(2-4-15)11-14-12-19-8-7-17-5-6-18-9-10-20-14/h13-15,17-20H,1-12,16H2. The molecule has 0 aromatic rings. The fraction of sp³-hybridized carbons (Fsp3) is 1.00. The van der Waals surface area contributed by atoms with Crippen molar-refractivity contribution in [2.75, 3.05) is 45.8 Å². The van der Waals surface area contributed by atoms with Crippen molar-refractivity contribution in [3.63, 3.8) is 0 Å². The van der Waals surface area contributed by atoms with Gasteiger partial charge in [0.2, 0.25) is 0 Å². The van der Waals surface area contributed by atoms with Gasteiger partial charge in [0.15, 0.2) is 0 Å². The molecule has 0 radical (unpaired) electrons. The minimum absolute atomic E-state index is 0.180. The molecule has 1 saturated carbocycles. The lowest BCUT2D eigenvalue weighted by Gasteiger charge is -2.30. The van der Waals surface area contributed by atoms with Gasteiger partial charge in [-0.3, -0.25) is 0 Å². The third-order valence-electron chi connectivity index (χ3n) is 4.69. The Morgan fingerprint density at radius 1 is 0.818 bits per heavy atom. The van der Waals surface area contributed by atoms with Gasteiger partial charge in [0, 0.05) is 51.9 Å². The molecular formula is C15H33N5O2. The Balaban J connectivity index is 1.68. The van der Waals surface area contributed by atoms with Crippen molar-refractivity contribution < 1.29 is 9.88 Å². The van der Waals surface area contributed by atoms with Gasteiger partial charge in [0.05, 0.1) is 6.10 Å². The molecule has 2 aliphatic rings. The SMILES string of the molecule is NOOC1CCC(CC2CNCCNCCNCCN2)CC1. The smallest absolute Gasteiger partial charge is 0.0950 e. The largest absolute Gasteiger partial charge is 0.314 e. The average Bonchev–Trinajstić information content (AvgIpc) is 2.52. The van der Waals surface area contributed by atoms with Crippen molar-refractivity contribution in [1.29, 1.82) is 0 Å². The Labute approximate surface area is 133 Å². The number of rotatable bonds is 4. The zero-order chi connectivity index (χ0) is 15.5. The molecule has 22 heavy (non-hydrogen) atoms. The van der Waals surface area contributed by atoms with Gasteiger partial charge in [-0.1, -0.05) is 0 Å². The third-order valence-corrected chi connectivity index (χ3v) is 4.69. The summed E-state index contributed by atoms with van der Waals surface area (Å²) in [6, 6.07) is 0.550. The highest BCUT2D eigenvalue weighted by molar-refractivity contribution is 4.79. The molecule has 1 saturated heterocycles. The van der Waals surface area contributed by atoms with Crippen LogP contribution in [-0.2, 0) is 9.88 Å². The Hall–Kier alpha value is -0.280. The van der Waals surface area contributed by atoms with Crippen LogP contribution in [0.3, 0.4) is 0 Å². The molecule has 2 fully saturated rings. The summed E-state index contributed by atoms with van der Waals surface area (Å²) >= 11 is 0. The molecule has 0 aromatic carbocycles. The molecular weight excluding hydrogens is 282 g/mol. The van der Waals surface area contributed by atoms with Gasteiger partial charge in [0.25, 0.3) is 0 Å². The molecule has 1 aliphatic heterocycles. The predicted molar refractivity (Wildman–Crippen MR) is 87.1 cm³/mol. The molecule has 0 aromatic heterocycles. The maximum atomic E-state index is 5.05. The molecule has 0 spiro atoms. The number of hydrogen-bond donors (Lipinski definition) is 5. The lowest BCUT2D eigenvalue weighted by molar-refractivity contribution is -0.334. The van der Waals surface area contributed by atoms with Gasteiger partial charge >= 0.3 is 0 Å². The lowest BCUT2D eigenvalue weighted by Crippen LogP contribution is -2.46. The molecule has 130 valence electrons. The first-order valence-electron chi connectivity index (χ1n) is 8.76. The van der Waals surface area contributed by atoms with Crippen molar-refractivity contribution in [1.82, 2.24) is 21.3 Å². The number of nitrogens with two attached hydrogens (primary N) is 1. The average molecular weight is 315 g/mol. The summed E-state index contributed by atoms with van der Waals surface area (Å²) in [4.78, 5) is 9.36. The quantitative estimate of drug-likeness (QED) is 0.353. The molecule has 1 aliphatic carbocycles. The van der Waals surface area contributed by atoms with Crippen LogP contribution in [0, 0.1) is 5.92 Å². The molecule has 0 bridgehead atoms. The summed E-state index contributed by atoms with van der Waals surface area (Å²) in [5.41, 5.74) is 0. The highest BCUT2D eigenvalue weighted by atomic mass is 17.3. The first kappa shape index (κ1) is 18.1. The summed E-state index contributed by atoms with van der Waals surface area (Å²) in [5.74, 6) is 5.75. The van der Waals surface area contributed by atoms with Gasteiger partial charge in [-0.15, -0.1) is 4.99 Å². The van der Waals surface area contributed by atoms with Crippen LogP contribution in [0.1, 0.15) is 32.1 Å². The normalized spacial score (nSPS) is 32.9. The summed E-state index contributed by atoms with van der Waals surface area (Å²) in [5, 5.41) is 14.2. The van der Waals surface area contributed by atoms with Crippen LogP contribution in [0.25, 0.3) is 0 Å². The van der Waals surface area contributed by atoms with Crippen molar-refractivity contribution in [3.05, 3.63) is 0 Å². The van der Waals surface area contributed by atoms with Crippen LogP contribution >= 0.6 is 0 Å². The van der Waals surface area contributed by atoms with E-state index in [0.29, 0.717) is 6.04 Å². The van der Waals surface area contributed by atoms with E-state index in [-0.39, 0.29) is 6.10 Å². The Morgan fingerprint density at radius 3 is 2.14 bits per heavy atom. The van der Waals surface area contributed by atoms with Gasteiger partial charge < -0.3 is 21.3 Å². The van der Waals surface area contributed by atoms with Crippen molar-refractivity contribution in [2.24, 2.45) is 11.8 Å². The Kier molecular flexibility index (Phi) is 9.27. The Bertz CT molecular complexity index is 263. The van der Waals surface area contributed by atoms with E-state index in [0.717, 1.165) is 64.6 Å². The van der Waals surface area contributed by atoms with Crippen LogP contribution in [0.4, 0.5) is 0 Å². The second kappa shape index (κ2) is 11.3. The molecule has 1 heterocycles. The summed E-state index contributed by atoms with van der Waals surface area (Å²) in [7, 11) is 0. The maximum Gasteiger partial charge on any atom is 0.0950 e. The zero-order valence-corrected chi connectivity index (χ0v) is 13.6. The Morgan fingerprint density at radius 2 is 1.45 bits per heavy atom. The van der Waals surface area contributed by atoms with Crippen molar-refractivity contribution in [2.45, 2.75) is 44.2 Å². The highest BCUT2D eigenvalue weighted by Gasteiger charge is 2.24. The van der Waals surface area contributed by atoms with Crippen LogP contribution < -0.4 is 27.2 Å². The van der Waals surface area contributed by atoms with Crippen LogP contribution in [0.2, 0.25) is 0 Å². The lowest BCUT2D eigenvalue weighted by atomic mass is 9.83. The van der Waals surface area contributed by atoms with E-state index in [2.05, 4.69) is 26.3 Å². The second-order valence-corrected chi connectivity index (χ2v) is 6.43. The van der Waals surface area contributed by atoms with Crippen LogP contribution in [-0.4, -0.2) is 58.0 Å². The van der Waals surface area contributed by atoms with E-state index in [1.165, 1.54) is 19.3 Å². The van der Waals surface area contributed by atoms with Crippen LogP contribution in [0.15, 0.2) is 0 Å². The van der Waals surface area contributed by atoms with Gasteiger partial charge in [-0.05, 0) is 38.0 Å². The third kappa shape index (κ3) is 7.32. The van der Waals surface area contributed by atoms with E-state index in [1.807, 2.05) is 0 Å². The predicted octanol–water partition coefficient (Wildman–Crippen LogP) is -0.502. The molecule has 7 heteroatoms. The second-order valence-electron chi connectivity index (χ2n) is 6.43. The highest BCUT2D eigenvalue weighted by Crippen LogP contribution is 2.29. The minimum Gasteiger partial charge on any atom is -0.314 e. The van der Waals surface area contributed by atoms with E-state index in [9.17, 15) is 0 Å². The monoisotopic (exact) mass is 315 g/mol. The summed E-state index contributed by atoms with van der Waals surface area (Å²) in [6.07, 6.45) is 5.91. The molecule has 6 N–H and O–H groups in total. The molecule has 1 atom stereocenters.